The SMILES string of the molecule is N/C(=N/O)c1ccccc1COc1ccc(Cl)c(F)c1. The van der Waals surface area contributed by atoms with E-state index < -0.39 is 5.82 Å². The molecule has 2 aromatic rings. The summed E-state index contributed by atoms with van der Waals surface area (Å²) in [7, 11) is 0. The third kappa shape index (κ3) is 3.19. The Hall–Kier alpha value is -2.27. The molecule has 0 amide bonds. The largest absolute Gasteiger partial charge is 0.489 e. The molecule has 0 radical (unpaired) electrons. The highest BCUT2D eigenvalue weighted by Gasteiger charge is 2.08. The van der Waals surface area contributed by atoms with Crippen molar-refractivity contribution in [3.8, 4) is 5.75 Å². The lowest BCUT2D eigenvalue weighted by Crippen LogP contribution is -2.16. The minimum atomic E-state index is -0.547. The van der Waals surface area contributed by atoms with Crippen LogP contribution >= 0.6 is 11.6 Å². The third-order valence-electron chi connectivity index (χ3n) is 2.69. The van der Waals surface area contributed by atoms with Crippen molar-refractivity contribution in [1.82, 2.24) is 0 Å². The van der Waals surface area contributed by atoms with E-state index in [4.69, 9.17) is 27.3 Å². The maximum absolute atomic E-state index is 13.3. The molecular weight excluding hydrogens is 283 g/mol. The van der Waals surface area contributed by atoms with Crippen LogP contribution in [0.2, 0.25) is 5.02 Å². The van der Waals surface area contributed by atoms with E-state index >= 15 is 0 Å². The van der Waals surface area contributed by atoms with Gasteiger partial charge in [-0.2, -0.15) is 0 Å². The van der Waals surface area contributed by atoms with E-state index in [2.05, 4.69) is 5.16 Å². The molecule has 0 heterocycles. The molecule has 0 bridgehead atoms. The normalized spacial score (nSPS) is 11.4. The summed E-state index contributed by atoms with van der Waals surface area (Å²) < 4.78 is 18.8. The van der Waals surface area contributed by atoms with E-state index in [1.165, 1.54) is 12.1 Å². The molecule has 4 nitrogen and oxygen atoms in total. The fourth-order valence-electron chi connectivity index (χ4n) is 1.68. The molecule has 3 N–H and O–H groups in total. The fourth-order valence-corrected chi connectivity index (χ4v) is 1.80. The third-order valence-corrected chi connectivity index (χ3v) is 2.99. The number of ether oxygens (including phenoxy) is 1. The van der Waals surface area contributed by atoms with Crippen molar-refractivity contribution in [2.75, 3.05) is 0 Å². The zero-order valence-corrected chi connectivity index (χ0v) is 11.1. The molecule has 0 aliphatic carbocycles. The maximum Gasteiger partial charge on any atom is 0.170 e. The van der Waals surface area contributed by atoms with Crippen molar-refractivity contribution in [2.24, 2.45) is 10.9 Å². The summed E-state index contributed by atoms with van der Waals surface area (Å²) in [5.74, 6) is -0.207. The Balaban J connectivity index is 2.17. The highest BCUT2D eigenvalue weighted by Crippen LogP contribution is 2.21. The Kier molecular flexibility index (Phi) is 4.42. The van der Waals surface area contributed by atoms with Crippen molar-refractivity contribution < 1.29 is 14.3 Å². The van der Waals surface area contributed by atoms with Crippen LogP contribution in [0.5, 0.6) is 5.75 Å². The molecule has 0 aliphatic rings. The second-order valence-electron chi connectivity index (χ2n) is 4.01. The molecule has 0 saturated carbocycles. The number of amidine groups is 1. The van der Waals surface area contributed by atoms with Gasteiger partial charge in [0.2, 0.25) is 0 Å². The number of nitrogens with zero attached hydrogens (tertiary/aromatic N) is 1. The van der Waals surface area contributed by atoms with Crippen LogP contribution in [0, 0.1) is 5.82 Å². The number of halogens is 2. The second-order valence-corrected chi connectivity index (χ2v) is 4.41. The van der Waals surface area contributed by atoms with Crippen LogP contribution in [0.25, 0.3) is 0 Å². The average Bonchev–Trinajstić information content (AvgIpc) is 2.48. The van der Waals surface area contributed by atoms with Crippen LogP contribution in [0.3, 0.4) is 0 Å². The van der Waals surface area contributed by atoms with Gasteiger partial charge in [0.1, 0.15) is 18.2 Å². The Labute approximate surface area is 120 Å². The van der Waals surface area contributed by atoms with Crippen LogP contribution in [-0.4, -0.2) is 11.0 Å². The zero-order valence-electron chi connectivity index (χ0n) is 10.4. The molecule has 0 saturated heterocycles. The highest BCUT2D eigenvalue weighted by molar-refractivity contribution is 6.30. The molecule has 20 heavy (non-hydrogen) atoms. The van der Waals surface area contributed by atoms with Crippen LogP contribution in [0.15, 0.2) is 47.6 Å². The number of nitrogens with two attached hydrogens (primary N) is 1. The summed E-state index contributed by atoms with van der Waals surface area (Å²) in [6.07, 6.45) is 0. The lowest BCUT2D eigenvalue weighted by molar-refractivity contribution is 0.303. The fraction of sp³-hybridized carbons (Fsp3) is 0.0714. The summed E-state index contributed by atoms with van der Waals surface area (Å²) in [6.45, 7) is 0.160. The summed E-state index contributed by atoms with van der Waals surface area (Å²) in [5, 5.41) is 11.7. The minimum absolute atomic E-state index is 0.00788. The van der Waals surface area contributed by atoms with E-state index in [1.807, 2.05) is 0 Å². The smallest absolute Gasteiger partial charge is 0.170 e. The van der Waals surface area contributed by atoms with E-state index in [1.54, 1.807) is 30.3 Å². The lowest BCUT2D eigenvalue weighted by atomic mass is 10.1. The van der Waals surface area contributed by atoms with E-state index in [0.29, 0.717) is 11.3 Å². The molecule has 2 rings (SSSR count). The molecule has 2 aromatic carbocycles. The van der Waals surface area contributed by atoms with Crippen LogP contribution in [-0.2, 0) is 6.61 Å². The molecule has 0 aromatic heterocycles. The molecule has 0 atom stereocenters. The number of benzene rings is 2. The Morgan fingerprint density at radius 1 is 1.30 bits per heavy atom. The first-order valence-corrected chi connectivity index (χ1v) is 6.13. The minimum Gasteiger partial charge on any atom is -0.489 e. The van der Waals surface area contributed by atoms with Crippen LogP contribution in [0.1, 0.15) is 11.1 Å². The van der Waals surface area contributed by atoms with Gasteiger partial charge >= 0.3 is 0 Å². The summed E-state index contributed by atoms with van der Waals surface area (Å²) >= 11 is 5.59. The number of oxime groups is 1. The van der Waals surface area contributed by atoms with Crippen molar-refractivity contribution in [1.29, 1.82) is 0 Å². The van der Waals surface area contributed by atoms with Crippen molar-refractivity contribution in [3.05, 3.63) is 64.4 Å². The Morgan fingerprint density at radius 2 is 2.05 bits per heavy atom. The second kappa shape index (κ2) is 6.25. The first-order chi connectivity index (χ1) is 9.61. The maximum atomic E-state index is 13.3. The standard InChI is InChI=1S/C14H12ClFN2O2/c15-12-6-5-10(7-13(12)16)20-8-9-3-1-2-4-11(9)14(17)18-19/h1-7,19H,8H2,(H2,17,18). The van der Waals surface area contributed by atoms with Crippen LogP contribution < -0.4 is 10.5 Å². The average molecular weight is 295 g/mol. The van der Waals surface area contributed by atoms with E-state index in [-0.39, 0.29) is 17.5 Å². The predicted octanol–water partition coefficient (Wildman–Crippen LogP) is 3.15. The molecule has 0 unspecified atom stereocenters. The lowest BCUT2D eigenvalue weighted by Gasteiger charge is -2.10. The summed E-state index contributed by atoms with van der Waals surface area (Å²) in [5.41, 5.74) is 6.86. The van der Waals surface area contributed by atoms with Gasteiger partial charge in [-0.05, 0) is 12.1 Å². The zero-order chi connectivity index (χ0) is 14.5. The number of hydrogen-bond acceptors (Lipinski definition) is 3. The van der Waals surface area contributed by atoms with E-state index in [0.717, 1.165) is 5.56 Å². The topological polar surface area (TPSA) is 67.8 Å². The van der Waals surface area contributed by atoms with Gasteiger partial charge in [0.15, 0.2) is 5.84 Å². The van der Waals surface area contributed by atoms with Crippen molar-refractivity contribution in [3.63, 3.8) is 0 Å². The molecule has 0 aliphatic heterocycles. The van der Waals surface area contributed by atoms with Crippen molar-refractivity contribution >= 4 is 17.4 Å². The summed E-state index contributed by atoms with van der Waals surface area (Å²) in [4.78, 5) is 0. The highest BCUT2D eigenvalue weighted by atomic mass is 35.5. The summed E-state index contributed by atoms with van der Waals surface area (Å²) in [6, 6.07) is 11.2. The van der Waals surface area contributed by atoms with Crippen molar-refractivity contribution in [2.45, 2.75) is 6.61 Å². The van der Waals surface area contributed by atoms with Gasteiger partial charge in [0.05, 0.1) is 5.02 Å². The Bertz CT molecular complexity index is 647. The predicted molar refractivity (Wildman–Crippen MR) is 74.7 cm³/mol. The van der Waals surface area contributed by atoms with E-state index in [9.17, 15) is 4.39 Å². The molecule has 0 fully saturated rings. The molecular formula is C14H12ClFN2O2. The monoisotopic (exact) mass is 294 g/mol. The van der Waals surface area contributed by atoms with Gasteiger partial charge in [-0.25, -0.2) is 4.39 Å². The number of rotatable bonds is 4. The van der Waals surface area contributed by atoms with Gasteiger partial charge in [-0.1, -0.05) is 41.0 Å². The molecule has 104 valence electrons. The van der Waals surface area contributed by atoms with Gasteiger partial charge in [0.25, 0.3) is 0 Å². The van der Waals surface area contributed by atoms with Crippen LogP contribution in [0.4, 0.5) is 4.39 Å². The van der Waals surface area contributed by atoms with Gasteiger partial charge in [0, 0.05) is 17.2 Å². The first kappa shape index (κ1) is 14.1. The molecule has 6 heteroatoms. The number of hydrogen-bond donors (Lipinski definition) is 2. The van der Waals surface area contributed by atoms with Gasteiger partial charge < -0.3 is 15.7 Å². The van der Waals surface area contributed by atoms with Gasteiger partial charge in [-0.15, -0.1) is 0 Å². The quantitative estimate of drug-likeness (QED) is 0.394. The first-order valence-electron chi connectivity index (χ1n) is 5.75. The Morgan fingerprint density at radius 3 is 2.75 bits per heavy atom. The van der Waals surface area contributed by atoms with Gasteiger partial charge in [-0.3, -0.25) is 0 Å². The molecule has 0 spiro atoms.